The third-order valence-corrected chi connectivity index (χ3v) is 4.74. The van der Waals surface area contributed by atoms with E-state index in [1.54, 1.807) is 16.2 Å². The second-order valence-electron chi connectivity index (χ2n) is 5.73. The van der Waals surface area contributed by atoms with Gasteiger partial charge in [0.15, 0.2) is 0 Å². The van der Waals surface area contributed by atoms with Crippen LogP contribution in [-0.2, 0) is 11.2 Å². The summed E-state index contributed by atoms with van der Waals surface area (Å²) in [6.07, 6.45) is 2.42. The van der Waals surface area contributed by atoms with Crippen molar-refractivity contribution in [2.75, 3.05) is 13.2 Å². The molecule has 22 heavy (non-hydrogen) atoms. The zero-order chi connectivity index (χ0) is 15.5. The quantitative estimate of drug-likeness (QED) is 0.891. The van der Waals surface area contributed by atoms with Crippen molar-refractivity contribution >= 4 is 17.2 Å². The maximum Gasteiger partial charge on any atom is 0.228 e. The molecule has 0 aliphatic heterocycles. The summed E-state index contributed by atoms with van der Waals surface area (Å²) in [6, 6.07) is 8.55. The predicted octanol–water partition coefficient (Wildman–Crippen LogP) is 2.64. The fraction of sp³-hybridized carbons (Fsp3) is 0.412. The Kier molecular flexibility index (Phi) is 4.55. The molecule has 1 aliphatic rings. The van der Waals surface area contributed by atoms with E-state index in [1.807, 2.05) is 17.5 Å². The minimum Gasteiger partial charge on any atom is -0.395 e. The minimum atomic E-state index is 0.0217. The van der Waals surface area contributed by atoms with Crippen molar-refractivity contribution < 1.29 is 9.90 Å². The lowest BCUT2D eigenvalue weighted by Crippen LogP contribution is -2.36. The lowest BCUT2D eigenvalue weighted by molar-refractivity contribution is -0.131. The number of aliphatic hydroxyl groups is 1. The summed E-state index contributed by atoms with van der Waals surface area (Å²) in [5.74, 6) is 0.0673. The average molecular weight is 316 g/mol. The van der Waals surface area contributed by atoms with Gasteiger partial charge in [0, 0.05) is 23.5 Å². The molecule has 4 nitrogen and oxygen atoms in total. The lowest BCUT2D eigenvalue weighted by Gasteiger charge is -2.20. The normalized spacial score (nSPS) is 14.1. The molecule has 0 atom stereocenters. The SMILES string of the molecule is Cc1cccc(-c2nc(CC(=O)N(CCO)C3CC3)cs2)c1. The van der Waals surface area contributed by atoms with E-state index in [0.717, 1.165) is 29.1 Å². The molecular weight excluding hydrogens is 296 g/mol. The number of thiazole rings is 1. The van der Waals surface area contributed by atoms with Crippen molar-refractivity contribution in [3.05, 3.63) is 40.9 Å². The Labute approximate surface area is 134 Å². The van der Waals surface area contributed by atoms with E-state index in [9.17, 15) is 4.79 Å². The van der Waals surface area contributed by atoms with Gasteiger partial charge in [0.2, 0.25) is 5.91 Å². The van der Waals surface area contributed by atoms with Crippen LogP contribution < -0.4 is 0 Å². The molecule has 1 saturated carbocycles. The van der Waals surface area contributed by atoms with Crippen LogP contribution in [0.3, 0.4) is 0 Å². The summed E-state index contributed by atoms with van der Waals surface area (Å²) >= 11 is 1.57. The Morgan fingerprint density at radius 3 is 2.95 bits per heavy atom. The van der Waals surface area contributed by atoms with E-state index in [-0.39, 0.29) is 12.5 Å². The van der Waals surface area contributed by atoms with Crippen molar-refractivity contribution in [1.82, 2.24) is 9.88 Å². The van der Waals surface area contributed by atoms with E-state index in [1.165, 1.54) is 5.56 Å². The molecule has 0 bridgehead atoms. The molecule has 0 spiro atoms. The van der Waals surface area contributed by atoms with Gasteiger partial charge in [0.1, 0.15) is 5.01 Å². The van der Waals surface area contributed by atoms with Gasteiger partial charge in [0.05, 0.1) is 18.7 Å². The third kappa shape index (κ3) is 3.54. The summed E-state index contributed by atoms with van der Waals surface area (Å²) in [5, 5.41) is 12.0. The van der Waals surface area contributed by atoms with Crippen molar-refractivity contribution in [2.45, 2.75) is 32.2 Å². The van der Waals surface area contributed by atoms with Gasteiger partial charge < -0.3 is 10.0 Å². The van der Waals surface area contributed by atoms with E-state index in [2.05, 4.69) is 24.0 Å². The number of hydrogen-bond donors (Lipinski definition) is 1. The molecule has 1 aliphatic carbocycles. The minimum absolute atomic E-state index is 0.0217. The van der Waals surface area contributed by atoms with Crippen molar-refractivity contribution in [2.24, 2.45) is 0 Å². The number of nitrogens with zero attached hydrogens (tertiary/aromatic N) is 2. The Balaban J connectivity index is 1.70. The Morgan fingerprint density at radius 1 is 1.45 bits per heavy atom. The molecule has 0 unspecified atom stereocenters. The first kappa shape index (κ1) is 15.2. The number of carbonyl (C=O) groups is 1. The number of aliphatic hydroxyl groups excluding tert-OH is 1. The monoisotopic (exact) mass is 316 g/mol. The standard InChI is InChI=1S/C17H20N2O2S/c1-12-3-2-4-13(9-12)17-18-14(11-22-17)10-16(21)19(7-8-20)15-5-6-15/h2-4,9,11,15,20H,5-8,10H2,1H3. The van der Waals surface area contributed by atoms with Crippen LogP contribution in [0, 0.1) is 6.92 Å². The number of aryl methyl sites for hydroxylation is 1. The van der Waals surface area contributed by atoms with E-state index in [0.29, 0.717) is 19.0 Å². The number of rotatable bonds is 6. The van der Waals surface area contributed by atoms with Crippen LogP contribution in [0.2, 0.25) is 0 Å². The molecule has 1 aromatic carbocycles. The van der Waals surface area contributed by atoms with Gasteiger partial charge in [-0.05, 0) is 25.8 Å². The highest BCUT2D eigenvalue weighted by atomic mass is 32.1. The van der Waals surface area contributed by atoms with Gasteiger partial charge in [0.25, 0.3) is 0 Å². The zero-order valence-corrected chi connectivity index (χ0v) is 13.5. The molecule has 1 aromatic heterocycles. The van der Waals surface area contributed by atoms with E-state index >= 15 is 0 Å². The second kappa shape index (κ2) is 6.58. The van der Waals surface area contributed by atoms with Crippen LogP contribution in [0.4, 0.5) is 0 Å². The number of benzene rings is 1. The van der Waals surface area contributed by atoms with Gasteiger partial charge >= 0.3 is 0 Å². The molecule has 3 rings (SSSR count). The predicted molar refractivity (Wildman–Crippen MR) is 87.8 cm³/mol. The fourth-order valence-electron chi connectivity index (χ4n) is 2.56. The van der Waals surface area contributed by atoms with Crippen LogP contribution in [0.5, 0.6) is 0 Å². The molecule has 2 aromatic rings. The van der Waals surface area contributed by atoms with Gasteiger partial charge in [-0.15, -0.1) is 11.3 Å². The number of hydrogen-bond acceptors (Lipinski definition) is 4. The van der Waals surface area contributed by atoms with Gasteiger partial charge in [-0.3, -0.25) is 4.79 Å². The fourth-order valence-corrected chi connectivity index (χ4v) is 3.38. The van der Waals surface area contributed by atoms with Crippen molar-refractivity contribution in [3.8, 4) is 10.6 Å². The summed E-state index contributed by atoms with van der Waals surface area (Å²) in [7, 11) is 0. The maximum atomic E-state index is 12.4. The Bertz CT molecular complexity index is 664. The van der Waals surface area contributed by atoms with Gasteiger partial charge in [-0.25, -0.2) is 4.98 Å². The summed E-state index contributed by atoms with van der Waals surface area (Å²) in [4.78, 5) is 18.8. The molecule has 1 heterocycles. The van der Waals surface area contributed by atoms with E-state index in [4.69, 9.17) is 5.11 Å². The molecule has 116 valence electrons. The van der Waals surface area contributed by atoms with E-state index < -0.39 is 0 Å². The molecule has 0 saturated heterocycles. The largest absolute Gasteiger partial charge is 0.395 e. The van der Waals surface area contributed by atoms with Crippen molar-refractivity contribution in [3.63, 3.8) is 0 Å². The van der Waals surface area contributed by atoms with Crippen molar-refractivity contribution in [1.29, 1.82) is 0 Å². The molecule has 1 amide bonds. The number of amides is 1. The maximum absolute atomic E-state index is 12.4. The van der Waals surface area contributed by atoms with Gasteiger partial charge in [-0.1, -0.05) is 23.8 Å². The van der Waals surface area contributed by atoms with Crippen LogP contribution in [-0.4, -0.2) is 40.1 Å². The van der Waals surface area contributed by atoms with Crippen LogP contribution >= 0.6 is 11.3 Å². The molecule has 1 N–H and O–H groups in total. The summed E-state index contributed by atoms with van der Waals surface area (Å²) in [6.45, 7) is 2.51. The van der Waals surface area contributed by atoms with Crippen LogP contribution in [0.1, 0.15) is 24.1 Å². The topological polar surface area (TPSA) is 53.4 Å². The zero-order valence-electron chi connectivity index (χ0n) is 12.7. The van der Waals surface area contributed by atoms with Crippen LogP contribution in [0.15, 0.2) is 29.6 Å². The summed E-state index contributed by atoms with van der Waals surface area (Å²) < 4.78 is 0. The second-order valence-corrected chi connectivity index (χ2v) is 6.59. The average Bonchev–Trinajstić information content (AvgIpc) is 3.23. The van der Waals surface area contributed by atoms with Gasteiger partial charge in [-0.2, -0.15) is 0 Å². The number of aromatic nitrogens is 1. The third-order valence-electron chi connectivity index (χ3n) is 3.80. The first-order valence-corrected chi connectivity index (χ1v) is 8.47. The summed E-state index contributed by atoms with van der Waals surface area (Å²) in [5.41, 5.74) is 3.11. The molecule has 1 fully saturated rings. The smallest absolute Gasteiger partial charge is 0.228 e. The molecule has 5 heteroatoms. The first-order chi connectivity index (χ1) is 10.7. The highest BCUT2D eigenvalue weighted by molar-refractivity contribution is 7.13. The number of carbonyl (C=O) groups excluding carboxylic acids is 1. The Hall–Kier alpha value is -1.72. The molecule has 0 radical (unpaired) electrons. The highest BCUT2D eigenvalue weighted by Crippen LogP contribution is 2.28. The lowest BCUT2D eigenvalue weighted by atomic mass is 10.1. The molecular formula is C17H20N2O2S. The first-order valence-electron chi connectivity index (χ1n) is 7.59. The Morgan fingerprint density at radius 2 is 2.27 bits per heavy atom. The highest BCUT2D eigenvalue weighted by Gasteiger charge is 2.32. The van der Waals surface area contributed by atoms with Crippen LogP contribution in [0.25, 0.3) is 10.6 Å².